The molecule has 1 amide bonds. The quantitative estimate of drug-likeness (QED) is 0.630. The second-order valence-corrected chi connectivity index (χ2v) is 6.98. The van der Waals surface area contributed by atoms with Crippen LogP contribution in [0, 0.1) is 5.92 Å². The number of hydrogen-bond acceptors (Lipinski definition) is 5. The van der Waals surface area contributed by atoms with Crippen molar-refractivity contribution >= 4 is 33.8 Å². The normalized spacial score (nSPS) is 17.0. The molecule has 1 atom stereocenters. The van der Waals surface area contributed by atoms with Gasteiger partial charge in [0.1, 0.15) is 16.9 Å². The van der Waals surface area contributed by atoms with Crippen molar-refractivity contribution in [1.29, 1.82) is 0 Å². The van der Waals surface area contributed by atoms with E-state index in [0.29, 0.717) is 25.4 Å². The highest BCUT2D eigenvalue weighted by Crippen LogP contribution is 2.31. The van der Waals surface area contributed by atoms with E-state index in [1.54, 1.807) is 17.9 Å². The summed E-state index contributed by atoms with van der Waals surface area (Å²) in [6.07, 6.45) is 1.55. The zero-order valence-electron chi connectivity index (χ0n) is 15.8. The van der Waals surface area contributed by atoms with Crippen molar-refractivity contribution < 1.29 is 23.5 Å². The van der Waals surface area contributed by atoms with Gasteiger partial charge < -0.3 is 18.8 Å². The second kappa shape index (κ2) is 7.92. The molecule has 0 radical (unpaired) electrons. The van der Waals surface area contributed by atoms with Crippen LogP contribution in [0.15, 0.2) is 46.9 Å². The number of hydrogen-bond donors (Lipinski definition) is 0. The Hall–Kier alpha value is -3.02. The first-order valence-corrected chi connectivity index (χ1v) is 9.64. The topological polar surface area (TPSA) is 69.0 Å². The number of amides is 1. The Bertz CT molecular complexity index is 1010. The van der Waals surface area contributed by atoms with Crippen LogP contribution < -0.4 is 4.74 Å². The van der Waals surface area contributed by atoms with E-state index >= 15 is 0 Å². The maximum atomic E-state index is 12.6. The number of fused-ring (bicyclic) bond motifs is 3. The van der Waals surface area contributed by atoms with E-state index in [2.05, 4.69) is 0 Å². The number of furan rings is 1. The molecule has 1 aliphatic rings. The summed E-state index contributed by atoms with van der Waals surface area (Å²) in [5.74, 6) is 0.0296. The van der Waals surface area contributed by atoms with E-state index in [0.717, 1.165) is 34.8 Å². The molecule has 0 spiro atoms. The number of para-hydroxylation sites is 1. The lowest BCUT2D eigenvalue weighted by atomic mass is 9.98. The molecule has 2 aromatic carbocycles. The summed E-state index contributed by atoms with van der Waals surface area (Å²) < 4.78 is 16.6. The molecule has 1 saturated heterocycles. The van der Waals surface area contributed by atoms with Crippen molar-refractivity contribution in [3.63, 3.8) is 0 Å². The number of nitrogens with zero attached hydrogens (tertiary/aromatic N) is 1. The van der Waals surface area contributed by atoms with Crippen molar-refractivity contribution in [3.8, 4) is 5.75 Å². The van der Waals surface area contributed by atoms with E-state index in [4.69, 9.17) is 13.9 Å². The van der Waals surface area contributed by atoms with E-state index < -0.39 is 0 Å². The number of likely N-dealkylation sites (tertiary alicyclic amines) is 1. The molecule has 1 aliphatic heterocycles. The fourth-order valence-electron chi connectivity index (χ4n) is 3.69. The summed E-state index contributed by atoms with van der Waals surface area (Å²) in [4.78, 5) is 26.2. The van der Waals surface area contributed by atoms with Gasteiger partial charge in [-0.25, -0.2) is 0 Å². The molecule has 1 fully saturated rings. The third kappa shape index (κ3) is 3.67. The van der Waals surface area contributed by atoms with Gasteiger partial charge in [-0.1, -0.05) is 18.2 Å². The Morgan fingerprint density at radius 3 is 2.82 bits per heavy atom. The molecule has 1 aromatic heterocycles. The summed E-state index contributed by atoms with van der Waals surface area (Å²) in [5.41, 5.74) is 1.61. The lowest BCUT2D eigenvalue weighted by Crippen LogP contribution is -2.44. The summed E-state index contributed by atoms with van der Waals surface area (Å²) in [6, 6.07) is 13.4. The van der Waals surface area contributed by atoms with Crippen molar-refractivity contribution in [2.24, 2.45) is 5.92 Å². The smallest absolute Gasteiger partial charge is 0.310 e. The third-order valence-corrected chi connectivity index (χ3v) is 5.10. The van der Waals surface area contributed by atoms with E-state index in [-0.39, 0.29) is 24.4 Å². The minimum Gasteiger partial charge on any atom is -0.484 e. The van der Waals surface area contributed by atoms with Gasteiger partial charge in [0.25, 0.3) is 5.91 Å². The number of piperidine rings is 1. The molecule has 0 aliphatic carbocycles. The van der Waals surface area contributed by atoms with Crippen molar-refractivity contribution in [3.05, 3.63) is 42.5 Å². The highest BCUT2D eigenvalue weighted by molar-refractivity contribution is 6.05. The van der Waals surface area contributed by atoms with Gasteiger partial charge in [-0.15, -0.1) is 0 Å². The fourth-order valence-corrected chi connectivity index (χ4v) is 3.69. The largest absolute Gasteiger partial charge is 0.484 e. The SMILES string of the molecule is CCOC(=O)C1CCCN(C(=O)COc2ccc3oc4ccccc4c3c2)C1. The van der Waals surface area contributed by atoms with Gasteiger partial charge in [0.2, 0.25) is 0 Å². The molecule has 1 unspecified atom stereocenters. The van der Waals surface area contributed by atoms with Crippen LogP contribution in [0.25, 0.3) is 21.9 Å². The number of esters is 1. The zero-order valence-corrected chi connectivity index (χ0v) is 15.8. The number of rotatable bonds is 5. The molecule has 0 saturated carbocycles. The number of ether oxygens (including phenoxy) is 2. The summed E-state index contributed by atoms with van der Waals surface area (Å²) in [7, 11) is 0. The van der Waals surface area contributed by atoms with Gasteiger partial charge in [0.05, 0.1) is 12.5 Å². The van der Waals surface area contributed by atoms with Crippen LogP contribution in [0.4, 0.5) is 0 Å². The Balaban J connectivity index is 1.41. The van der Waals surface area contributed by atoms with Crippen LogP contribution in [-0.2, 0) is 14.3 Å². The minimum atomic E-state index is -0.244. The molecular weight excluding hydrogens is 358 g/mol. The van der Waals surface area contributed by atoms with Gasteiger partial charge in [-0.2, -0.15) is 0 Å². The lowest BCUT2D eigenvalue weighted by molar-refractivity contribution is -0.151. The first-order chi connectivity index (χ1) is 13.7. The summed E-state index contributed by atoms with van der Waals surface area (Å²) in [6.45, 7) is 3.13. The van der Waals surface area contributed by atoms with Gasteiger partial charge in [0.15, 0.2) is 6.61 Å². The number of carbonyl (C=O) groups excluding carboxylic acids is 2. The van der Waals surface area contributed by atoms with Crippen molar-refractivity contribution in [2.75, 3.05) is 26.3 Å². The number of carbonyl (C=O) groups is 2. The highest BCUT2D eigenvalue weighted by Gasteiger charge is 2.29. The van der Waals surface area contributed by atoms with Gasteiger partial charge in [0, 0.05) is 23.9 Å². The molecule has 6 heteroatoms. The molecule has 3 aromatic rings. The molecule has 0 N–H and O–H groups in total. The Morgan fingerprint density at radius 1 is 1.14 bits per heavy atom. The maximum absolute atomic E-state index is 12.6. The van der Waals surface area contributed by atoms with E-state index in [1.807, 2.05) is 36.4 Å². The average Bonchev–Trinajstić information content (AvgIpc) is 3.10. The summed E-state index contributed by atoms with van der Waals surface area (Å²) >= 11 is 0. The van der Waals surface area contributed by atoms with Crippen molar-refractivity contribution in [1.82, 2.24) is 4.90 Å². The summed E-state index contributed by atoms with van der Waals surface area (Å²) in [5, 5.41) is 1.98. The second-order valence-electron chi connectivity index (χ2n) is 6.98. The van der Waals surface area contributed by atoms with E-state index in [1.165, 1.54) is 0 Å². The molecular formula is C22H23NO5. The monoisotopic (exact) mass is 381 g/mol. The first kappa shape index (κ1) is 18.3. The molecule has 0 bridgehead atoms. The van der Waals surface area contributed by atoms with Crippen LogP contribution in [0.3, 0.4) is 0 Å². The molecule has 146 valence electrons. The third-order valence-electron chi connectivity index (χ3n) is 5.10. The van der Waals surface area contributed by atoms with Crippen LogP contribution in [0.1, 0.15) is 19.8 Å². The Labute approximate surface area is 163 Å². The van der Waals surface area contributed by atoms with Crippen molar-refractivity contribution in [2.45, 2.75) is 19.8 Å². The molecule has 2 heterocycles. The van der Waals surface area contributed by atoms with Gasteiger partial charge in [-0.05, 0) is 44.0 Å². The first-order valence-electron chi connectivity index (χ1n) is 9.64. The van der Waals surface area contributed by atoms with Crippen LogP contribution >= 0.6 is 0 Å². The Kier molecular flexibility index (Phi) is 5.19. The number of benzene rings is 2. The molecule has 6 nitrogen and oxygen atoms in total. The van der Waals surface area contributed by atoms with E-state index in [9.17, 15) is 9.59 Å². The zero-order chi connectivity index (χ0) is 19.5. The van der Waals surface area contributed by atoms with Crippen LogP contribution in [0.5, 0.6) is 5.75 Å². The lowest BCUT2D eigenvalue weighted by Gasteiger charge is -2.31. The highest BCUT2D eigenvalue weighted by atomic mass is 16.5. The standard InChI is InChI=1S/C22H23NO5/c1-2-26-22(25)15-6-5-11-23(13-15)21(24)14-27-16-9-10-20-18(12-16)17-7-3-4-8-19(17)28-20/h3-4,7-10,12,15H,2,5-6,11,13-14H2,1H3. The van der Waals surface area contributed by atoms with Crippen LogP contribution in [-0.4, -0.2) is 43.1 Å². The molecule has 28 heavy (non-hydrogen) atoms. The fraction of sp³-hybridized carbons (Fsp3) is 0.364. The molecule has 4 rings (SSSR count). The minimum absolute atomic E-state index is 0.0587. The van der Waals surface area contributed by atoms with Crippen LogP contribution in [0.2, 0.25) is 0 Å². The maximum Gasteiger partial charge on any atom is 0.310 e. The predicted molar refractivity (Wildman–Crippen MR) is 105 cm³/mol. The van der Waals surface area contributed by atoms with Gasteiger partial charge >= 0.3 is 5.97 Å². The predicted octanol–water partition coefficient (Wildman–Crippen LogP) is 3.77. The Morgan fingerprint density at radius 2 is 1.96 bits per heavy atom. The average molecular weight is 381 g/mol. The van der Waals surface area contributed by atoms with Gasteiger partial charge in [-0.3, -0.25) is 9.59 Å².